The first kappa shape index (κ1) is 24.7. The van der Waals surface area contributed by atoms with Gasteiger partial charge in [0.15, 0.2) is 5.65 Å². The normalized spacial score (nSPS) is 17.0. The Labute approximate surface area is 201 Å². The summed E-state index contributed by atoms with van der Waals surface area (Å²) in [6, 6.07) is 3.92. The number of methoxy groups -OCH3 is 1. The lowest BCUT2D eigenvalue weighted by Gasteiger charge is -2.17. The van der Waals surface area contributed by atoms with Crippen molar-refractivity contribution in [1.29, 1.82) is 5.41 Å². The number of nitrogens with zero attached hydrogens (tertiary/aromatic N) is 3. The highest BCUT2D eigenvalue weighted by molar-refractivity contribution is 6.14. The van der Waals surface area contributed by atoms with Gasteiger partial charge in [0.1, 0.15) is 23.2 Å². The van der Waals surface area contributed by atoms with E-state index in [0.29, 0.717) is 67.2 Å². The van der Waals surface area contributed by atoms with Crippen LogP contribution >= 0.6 is 0 Å². The third kappa shape index (κ3) is 5.80. The maximum Gasteiger partial charge on any atom is 0.255 e. The van der Waals surface area contributed by atoms with Gasteiger partial charge in [-0.3, -0.25) is 15.1 Å². The Hall–Kier alpha value is -3.44. The number of ether oxygens (including phenoxy) is 1. The van der Waals surface area contributed by atoms with E-state index in [-0.39, 0.29) is 23.4 Å². The van der Waals surface area contributed by atoms with E-state index in [2.05, 4.69) is 25.6 Å². The van der Waals surface area contributed by atoms with Gasteiger partial charge in [-0.25, -0.2) is 18.7 Å². The van der Waals surface area contributed by atoms with Crippen LogP contribution in [0.15, 0.2) is 30.6 Å². The number of halogens is 2. The highest BCUT2D eigenvalue weighted by atomic mass is 19.1. The van der Waals surface area contributed by atoms with Gasteiger partial charge in [0, 0.05) is 56.8 Å². The topological polar surface area (TPSA) is 119 Å². The summed E-state index contributed by atoms with van der Waals surface area (Å²) in [7, 11) is 1.56. The van der Waals surface area contributed by atoms with Crippen molar-refractivity contribution in [2.24, 2.45) is 0 Å². The zero-order valence-corrected chi connectivity index (χ0v) is 19.7. The number of hydrogen-bond donors (Lipinski definition) is 4. The third-order valence-corrected chi connectivity index (χ3v) is 5.89. The summed E-state index contributed by atoms with van der Waals surface area (Å²) >= 11 is 0. The van der Waals surface area contributed by atoms with Crippen LogP contribution in [0.4, 0.5) is 14.5 Å². The van der Waals surface area contributed by atoms with Crippen molar-refractivity contribution in [1.82, 2.24) is 25.2 Å². The van der Waals surface area contributed by atoms with Crippen molar-refractivity contribution in [2.45, 2.75) is 25.6 Å². The molecule has 11 heteroatoms. The largest absolute Gasteiger partial charge is 0.383 e. The molecule has 1 amide bonds. The molecule has 9 nitrogen and oxygen atoms in total. The quantitative estimate of drug-likeness (QED) is 0.328. The third-order valence-electron chi connectivity index (χ3n) is 5.89. The van der Waals surface area contributed by atoms with E-state index in [4.69, 9.17) is 10.1 Å². The Bertz CT molecular complexity index is 1220. The monoisotopic (exact) mass is 485 g/mol. The Kier molecular flexibility index (Phi) is 7.67. The Morgan fingerprint density at radius 2 is 2.23 bits per heavy atom. The molecule has 1 saturated heterocycles. The summed E-state index contributed by atoms with van der Waals surface area (Å²) in [6.45, 7) is 4.37. The Balaban J connectivity index is 1.54. The number of carbonyl (C=O) groups is 1. The molecule has 0 bridgehead atoms. The summed E-state index contributed by atoms with van der Waals surface area (Å²) in [6.07, 6.45) is 2.69. The number of nitrogens with one attached hydrogen (secondary N) is 4. The average Bonchev–Trinajstić information content (AvgIpc) is 3.44. The minimum Gasteiger partial charge on any atom is -0.383 e. The number of fused-ring (bicyclic) bond motifs is 1. The van der Waals surface area contributed by atoms with E-state index in [1.807, 2.05) is 11.8 Å². The highest BCUT2D eigenvalue weighted by Crippen LogP contribution is 2.22. The van der Waals surface area contributed by atoms with Crippen LogP contribution in [0.3, 0.4) is 0 Å². The van der Waals surface area contributed by atoms with E-state index in [0.717, 1.165) is 0 Å². The van der Waals surface area contributed by atoms with Crippen LogP contribution in [0.1, 0.15) is 35.0 Å². The molecule has 2 aromatic heterocycles. The predicted molar refractivity (Wildman–Crippen MR) is 129 cm³/mol. The van der Waals surface area contributed by atoms with Gasteiger partial charge in [-0.15, -0.1) is 0 Å². The van der Waals surface area contributed by atoms with Crippen LogP contribution < -0.4 is 10.6 Å². The smallest absolute Gasteiger partial charge is 0.255 e. The van der Waals surface area contributed by atoms with Crippen LogP contribution in [0, 0.1) is 11.2 Å². The molecule has 0 aliphatic carbocycles. The summed E-state index contributed by atoms with van der Waals surface area (Å²) in [5, 5.41) is 14.7. The minimum absolute atomic E-state index is 0.0344. The molecule has 0 saturated carbocycles. The molecule has 1 fully saturated rings. The Morgan fingerprint density at radius 3 is 2.97 bits per heavy atom. The molecule has 1 aliphatic rings. The van der Waals surface area contributed by atoms with Gasteiger partial charge >= 0.3 is 0 Å². The number of anilines is 1. The maximum atomic E-state index is 14.0. The number of hydrogen-bond acceptors (Lipinski definition) is 7. The van der Waals surface area contributed by atoms with Crippen molar-refractivity contribution in [3.05, 3.63) is 53.2 Å². The van der Waals surface area contributed by atoms with Crippen LogP contribution in [0.2, 0.25) is 0 Å². The van der Waals surface area contributed by atoms with Crippen LogP contribution in [-0.4, -0.2) is 83.6 Å². The summed E-state index contributed by atoms with van der Waals surface area (Å²) in [5.41, 5.74) is 2.21. The lowest BCUT2D eigenvalue weighted by atomic mass is 10.0. The lowest BCUT2D eigenvalue weighted by molar-refractivity contribution is 0.0907. The number of carbonyl (C=O) groups excluding carboxylic acids is 1. The first-order valence-corrected chi connectivity index (χ1v) is 11.5. The lowest BCUT2D eigenvalue weighted by Crippen LogP contribution is -2.35. The second-order valence-corrected chi connectivity index (χ2v) is 8.66. The van der Waals surface area contributed by atoms with Gasteiger partial charge < -0.3 is 20.4 Å². The highest BCUT2D eigenvalue weighted by Gasteiger charge is 2.22. The molecule has 4 N–H and O–H groups in total. The molecule has 186 valence electrons. The van der Waals surface area contributed by atoms with E-state index in [1.165, 1.54) is 30.6 Å². The Morgan fingerprint density at radius 1 is 1.40 bits per heavy atom. The molecule has 1 aromatic carbocycles. The molecule has 3 heterocycles. The van der Waals surface area contributed by atoms with Gasteiger partial charge in [-0.1, -0.05) is 0 Å². The van der Waals surface area contributed by atoms with Gasteiger partial charge in [-0.2, -0.15) is 0 Å². The molecule has 3 aromatic rings. The minimum atomic E-state index is -0.801. The van der Waals surface area contributed by atoms with Crippen LogP contribution in [0.25, 0.3) is 11.2 Å². The van der Waals surface area contributed by atoms with E-state index in [1.54, 1.807) is 7.11 Å². The van der Waals surface area contributed by atoms with Crippen molar-refractivity contribution in [3.8, 4) is 0 Å². The summed E-state index contributed by atoms with van der Waals surface area (Å²) < 4.78 is 32.5. The summed E-state index contributed by atoms with van der Waals surface area (Å²) in [5.74, 6) is -0.772. The zero-order chi connectivity index (χ0) is 24.9. The van der Waals surface area contributed by atoms with E-state index >= 15 is 0 Å². The molecule has 35 heavy (non-hydrogen) atoms. The van der Waals surface area contributed by atoms with Gasteiger partial charge in [0.05, 0.1) is 24.1 Å². The SMILES string of the molecule is COCC(C)NC(=O)c1c[nH]c2ncc(C(=N)c3ccc(F)cc3NCCN3CCC(F)C3)nc12. The fraction of sp³-hybridized carbons (Fsp3) is 0.417. The fourth-order valence-corrected chi connectivity index (χ4v) is 4.13. The average molecular weight is 486 g/mol. The first-order valence-electron chi connectivity index (χ1n) is 11.5. The second-order valence-electron chi connectivity index (χ2n) is 8.66. The second kappa shape index (κ2) is 10.9. The van der Waals surface area contributed by atoms with Crippen molar-refractivity contribution in [2.75, 3.05) is 45.2 Å². The van der Waals surface area contributed by atoms with Crippen LogP contribution in [-0.2, 0) is 4.74 Å². The van der Waals surface area contributed by atoms with Gasteiger partial charge in [0.25, 0.3) is 5.91 Å². The van der Waals surface area contributed by atoms with Gasteiger partial charge in [0.2, 0.25) is 0 Å². The van der Waals surface area contributed by atoms with Crippen LogP contribution in [0.5, 0.6) is 0 Å². The predicted octanol–water partition coefficient (Wildman–Crippen LogP) is 2.73. The number of rotatable bonds is 10. The molecule has 2 unspecified atom stereocenters. The van der Waals surface area contributed by atoms with E-state index in [9.17, 15) is 13.6 Å². The zero-order valence-electron chi connectivity index (χ0n) is 19.7. The van der Waals surface area contributed by atoms with E-state index < -0.39 is 12.0 Å². The van der Waals surface area contributed by atoms with Crippen molar-refractivity contribution < 1.29 is 18.3 Å². The fourth-order valence-electron chi connectivity index (χ4n) is 4.13. The number of benzene rings is 1. The maximum absolute atomic E-state index is 14.0. The number of aromatic nitrogens is 3. The summed E-state index contributed by atoms with van der Waals surface area (Å²) in [4.78, 5) is 26.5. The standard InChI is InChI=1S/C24H29F2N7O2/c1-14(13-35-2)31-24(34)18-10-29-23-22(18)32-20(11-30-23)21(27)17-4-3-15(25)9-19(17)28-6-8-33-7-5-16(26)12-33/h3-4,9-11,14,16,27-28H,5-8,12-13H2,1-2H3,(H,29,30)(H,31,34). The first-order chi connectivity index (χ1) is 16.9. The molecule has 4 rings (SSSR count). The molecule has 0 radical (unpaired) electrons. The number of likely N-dealkylation sites (tertiary alicyclic amines) is 1. The molecule has 0 spiro atoms. The van der Waals surface area contributed by atoms with Crippen molar-refractivity contribution in [3.63, 3.8) is 0 Å². The molecule has 1 aliphatic heterocycles. The molecule has 2 atom stereocenters. The number of amides is 1. The number of alkyl halides is 1. The van der Waals surface area contributed by atoms with Crippen molar-refractivity contribution >= 4 is 28.5 Å². The molecular weight excluding hydrogens is 456 g/mol. The molecular formula is C24H29F2N7O2. The number of aromatic amines is 1. The number of H-pyrrole nitrogens is 1. The van der Waals surface area contributed by atoms with Gasteiger partial charge in [-0.05, 0) is 31.5 Å².